The summed E-state index contributed by atoms with van der Waals surface area (Å²) in [6.45, 7) is 3.63. The molecule has 3 aromatic carbocycles. The minimum Gasteiger partial charge on any atom is -0.378 e. The first-order valence-electron chi connectivity index (χ1n) is 9.19. The Morgan fingerprint density at radius 2 is 1.04 bits per heavy atom. The topological polar surface area (TPSA) is 6.48 Å². The molecule has 140 valence electrons. The molecule has 3 aromatic rings. The number of anilines is 2. The maximum absolute atomic E-state index is 3.63. The maximum atomic E-state index is 3.63. The average molecular weight is 359 g/mol. The molecule has 0 heterocycles. The minimum absolute atomic E-state index is 0.988. The van der Waals surface area contributed by atoms with Gasteiger partial charge in [0, 0.05) is 39.6 Å². The van der Waals surface area contributed by atoms with Crippen LogP contribution in [-0.2, 0) is 6.42 Å². The van der Waals surface area contributed by atoms with Crippen LogP contribution in [0, 0.1) is 0 Å². The zero-order valence-corrected chi connectivity index (χ0v) is 16.9. The van der Waals surface area contributed by atoms with Gasteiger partial charge in [0.15, 0.2) is 0 Å². The van der Waals surface area contributed by atoms with Gasteiger partial charge < -0.3 is 9.80 Å². The zero-order valence-electron chi connectivity index (χ0n) is 16.9. The van der Waals surface area contributed by atoms with Crippen LogP contribution in [0.3, 0.4) is 0 Å². The summed E-state index contributed by atoms with van der Waals surface area (Å²) in [6, 6.07) is 27.5. The van der Waals surface area contributed by atoms with Crippen LogP contribution in [0.1, 0.15) is 16.7 Å². The summed E-state index contributed by atoms with van der Waals surface area (Å²) in [5, 5.41) is 0. The number of nitrogens with zero attached hydrogens (tertiary/aromatic N) is 2. The fourth-order valence-corrected chi connectivity index (χ4v) is 2.65. The zero-order chi connectivity index (χ0) is 19.6. The molecule has 0 saturated carbocycles. The summed E-state index contributed by atoms with van der Waals surface area (Å²) in [6.07, 6.45) is 2.82. The van der Waals surface area contributed by atoms with Gasteiger partial charge in [-0.3, -0.25) is 0 Å². The van der Waals surface area contributed by atoms with Gasteiger partial charge >= 0.3 is 0 Å². The summed E-state index contributed by atoms with van der Waals surface area (Å²) < 4.78 is 0. The lowest BCUT2D eigenvalue weighted by molar-refractivity contribution is 1.11. The van der Waals surface area contributed by atoms with Crippen molar-refractivity contribution >= 4 is 17.5 Å². The fraction of sp³-hybridized carbons (Fsp3) is 0.200. The molecule has 2 nitrogen and oxygen atoms in total. The highest BCUT2D eigenvalue weighted by molar-refractivity contribution is 5.49. The van der Waals surface area contributed by atoms with E-state index in [1.807, 2.05) is 36.4 Å². The van der Waals surface area contributed by atoms with E-state index in [0.29, 0.717) is 0 Å². The number of benzene rings is 3. The van der Waals surface area contributed by atoms with Gasteiger partial charge in [0.1, 0.15) is 0 Å². The smallest absolute Gasteiger partial charge is 0.0361 e. The molecule has 27 heavy (non-hydrogen) atoms. The molecule has 0 bridgehead atoms. The van der Waals surface area contributed by atoms with Crippen molar-refractivity contribution in [2.45, 2.75) is 6.42 Å². The van der Waals surface area contributed by atoms with Crippen molar-refractivity contribution in [1.82, 2.24) is 0 Å². The van der Waals surface area contributed by atoms with Crippen molar-refractivity contribution in [3.05, 3.63) is 102 Å². The third-order valence-corrected chi connectivity index (χ3v) is 4.35. The molecular formula is C25H30N2. The summed E-state index contributed by atoms with van der Waals surface area (Å²) in [7, 11) is 8.26. The minimum atomic E-state index is 0.988. The molecule has 0 amide bonds. The van der Waals surface area contributed by atoms with Crippen molar-refractivity contribution in [2.75, 3.05) is 38.0 Å². The van der Waals surface area contributed by atoms with Crippen molar-refractivity contribution in [3.8, 4) is 0 Å². The van der Waals surface area contributed by atoms with E-state index in [4.69, 9.17) is 0 Å². The monoisotopic (exact) mass is 358 g/mol. The van der Waals surface area contributed by atoms with E-state index in [1.54, 1.807) is 0 Å². The Labute approximate surface area is 164 Å². The Balaban J connectivity index is 0.000000273. The molecule has 0 aromatic heterocycles. The highest BCUT2D eigenvalue weighted by atomic mass is 15.1. The summed E-state index contributed by atoms with van der Waals surface area (Å²) >= 11 is 0. The van der Waals surface area contributed by atoms with E-state index in [2.05, 4.69) is 93.1 Å². The second-order valence-corrected chi connectivity index (χ2v) is 6.91. The maximum Gasteiger partial charge on any atom is 0.0361 e. The molecule has 0 unspecified atom stereocenters. The lowest BCUT2D eigenvalue weighted by atomic mass is 10.0. The van der Waals surface area contributed by atoms with E-state index in [1.165, 1.54) is 28.1 Å². The molecule has 2 heteroatoms. The van der Waals surface area contributed by atoms with Crippen LogP contribution in [0.4, 0.5) is 11.4 Å². The summed E-state index contributed by atoms with van der Waals surface area (Å²) in [5.74, 6) is 0. The van der Waals surface area contributed by atoms with Gasteiger partial charge in [0.2, 0.25) is 0 Å². The average Bonchev–Trinajstić information content (AvgIpc) is 2.70. The van der Waals surface area contributed by atoms with E-state index in [9.17, 15) is 0 Å². The Hall–Kier alpha value is -3.00. The molecule has 3 rings (SSSR count). The van der Waals surface area contributed by atoms with Crippen LogP contribution in [0.25, 0.3) is 6.08 Å². The second kappa shape index (κ2) is 10.2. The largest absolute Gasteiger partial charge is 0.378 e. The Kier molecular flexibility index (Phi) is 7.69. The van der Waals surface area contributed by atoms with E-state index < -0.39 is 0 Å². The van der Waals surface area contributed by atoms with Gasteiger partial charge in [-0.1, -0.05) is 67.3 Å². The standard InChI is InChI=1S/C17H22N2.C8H8/c1-18(2)16-9-5-14(6-10-16)13-15-7-11-17(12-8-15)19(3)4;1-2-8-6-4-3-5-7-8/h5-12H,13H2,1-4H3;2-7H,1H2. The van der Waals surface area contributed by atoms with E-state index in [-0.39, 0.29) is 0 Å². The van der Waals surface area contributed by atoms with Crippen molar-refractivity contribution < 1.29 is 0 Å². The van der Waals surface area contributed by atoms with Gasteiger partial charge in [-0.2, -0.15) is 0 Å². The molecule has 0 aliphatic heterocycles. The van der Waals surface area contributed by atoms with Gasteiger partial charge in [-0.15, -0.1) is 0 Å². The Bertz CT molecular complexity index is 752. The molecule has 0 N–H and O–H groups in total. The fourth-order valence-electron chi connectivity index (χ4n) is 2.65. The normalized spacial score (nSPS) is 9.78. The van der Waals surface area contributed by atoms with Crippen molar-refractivity contribution in [3.63, 3.8) is 0 Å². The number of hydrogen-bond donors (Lipinski definition) is 0. The summed E-state index contributed by atoms with van der Waals surface area (Å²) in [4.78, 5) is 4.24. The first-order valence-corrected chi connectivity index (χ1v) is 9.19. The van der Waals surface area contributed by atoms with Crippen LogP contribution >= 0.6 is 0 Å². The van der Waals surface area contributed by atoms with Crippen LogP contribution in [-0.4, -0.2) is 28.2 Å². The first-order chi connectivity index (χ1) is 13.0. The molecule has 0 fully saturated rings. The third-order valence-electron chi connectivity index (χ3n) is 4.35. The summed E-state index contributed by atoms with van der Waals surface area (Å²) in [5.41, 5.74) is 6.36. The predicted molar refractivity (Wildman–Crippen MR) is 121 cm³/mol. The van der Waals surface area contributed by atoms with Crippen molar-refractivity contribution in [2.24, 2.45) is 0 Å². The predicted octanol–water partition coefficient (Wildman–Crippen LogP) is 5.74. The van der Waals surface area contributed by atoms with Crippen LogP contribution in [0.5, 0.6) is 0 Å². The van der Waals surface area contributed by atoms with Crippen molar-refractivity contribution in [1.29, 1.82) is 0 Å². The Morgan fingerprint density at radius 3 is 1.33 bits per heavy atom. The number of hydrogen-bond acceptors (Lipinski definition) is 2. The van der Waals surface area contributed by atoms with E-state index >= 15 is 0 Å². The highest BCUT2D eigenvalue weighted by Crippen LogP contribution is 2.17. The molecule has 0 aliphatic carbocycles. The van der Waals surface area contributed by atoms with Crippen LogP contribution in [0.15, 0.2) is 85.4 Å². The van der Waals surface area contributed by atoms with Crippen LogP contribution < -0.4 is 9.80 Å². The SMILES string of the molecule is C=Cc1ccccc1.CN(C)c1ccc(Cc2ccc(N(C)C)cc2)cc1. The van der Waals surface area contributed by atoms with Gasteiger partial charge in [0.05, 0.1) is 0 Å². The molecule has 0 aliphatic rings. The van der Waals surface area contributed by atoms with E-state index in [0.717, 1.165) is 6.42 Å². The van der Waals surface area contributed by atoms with Gasteiger partial charge in [-0.25, -0.2) is 0 Å². The second-order valence-electron chi connectivity index (χ2n) is 6.91. The van der Waals surface area contributed by atoms with Crippen LogP contribution in [0.2, 0.25) is 0 Å². The molecule has 0 spiro atoms. The lowest BCUT2D eigenvalue weighted by Crippen LogP contribution is -2.08. The lowest BCUT2D eigenvalue weighted by Gasteiger charge is -2.14. The molecule has 0 radical (unpaired) electrons. The molecule has 0 saturated heterocycles. The quantitative estimate of drug-likeness (QED) is 0.574. The molecule has 0 atom stereocenters. The third kappa shape index (κ3) is 6.67. The molecular weight excluding hydrogens is 328 g/mol. The Morgan fingerprint density at radius 1 is 0.630 bits per heavy atom. The van der Waals surface area contributed by atoms with Gasteiger partial charge in [-0.05, 0) is 47.4 Å². The number of rotatable bonds is 5. The first kappa shape index (κ1) is 20.3. The van der Waals surface area contributed by atoms with Gasteiger partial charge in [0.25, 0.3) is 0 Å². The highest BCUT2D eigenvalue weighted by Gasteiger charge is 2.00.